The standard InChI is InChI=1S/C12H13N3O3/c1-2-18-11-8-10(13-12(16)17)15(14-11)9-6-4-3-5-7-9/h3-8,13H,2H2,1H3,(H,16,17). The molecule has 0 fully saturated rings. The lowest BCUT2D eigenvalue weighted by Gasteiger charge is -2.05. The number of para-hydroxylation sites is 1. The van der Waals surface area contributed by atoms with Crippen molar-refractivity contribution in [2.45, 2.75) is 6.92 Å². The summed E-state index contributed by atoms with van der Waals surface area (Å²) in [6.45, 7) is 2.31. The maximum absolute atomic E-state index is 10.7. The van der Waals surface area contributed by atoms with Crippen molar-refractivity contribution in [3.63, 3.8) is 0 Å². The second-order valence-corrected chi connectivity index (χ2v) is 3.48. The smallest absolute Gasteiger partial charge is 0.410 e. The zero-order valence-corrected chi connectivity index (χ0v) is 9.83. The summed E-state index contributed by atoms with van der Waals surface area (Å²) in [6, 6.07) is 10.8. The summed E-state index contributed by atoms with van der Waals surface area (Å²) in [5.74, 6) is 0.724. The lowest BCUT2D eigenvalue weighted by atomic mass is 10.3. The molecule has 0 saturated heterocycles. The zero-order valence-electron chi connectivity index (χ0n) is 9.83. The molecule has 0 aliphatic rings. The van der Waals surface area contributed by atoms with Gasteiger partial charge in [-0.1, -0.05) is 18.2 Å². The highest BCUT2D eigenvalue weighted by molar-refractivity contribution is 5.82. The second-order valence-electron chi connectivity index (χ2n) is 3.48. The summed E-state index contributed by atoms with van der Waals surface area (Å²) in [4.78, 5) is 10.7. The Morgan fingerprint density at radius 1 is 1.44 bits per heavy atom. The topological polar surface area (TPSA) is 76.4 Å². The molecular weight excluding hydrogens is 234 g/mol. The van der Waals surface area contributed by atoms with Crippen LogP contribution in [0.25, 0.3) is 5.69 Å². The van der Waals surface area contributed by atoms with Gasteiger partial charge in [-0.3, -0.25) is 5.32 Å². The average molecular weight is 247 g/mol. The van der Waals surface area contributed by atoms with Gasteiger partial charge in [0.2, 0.25) is 5.88 Å². The fourth-order valence-corrected chi connectivity index (χ4v) is 1.54. The van der Waals surface area contributed by atoms with Crippen molar-refractivity contribution in [2.75, 3.05) is 11.9 Å². The molecule has 0 aliphatic carbocycles. The van der Waals surface area contributed by atoms with Gasteiger partial charge in [0, 0.05) is 6.07 Å². The van der Waals surface area contributed by atoms with Crippen LogP contribution in [0.2, 0.25) is 0 Å². The number of nitrogens with one attached hydrogen (secondary N) is 1. The van der Waals surface area contributed by atoms with Gasteiger partial charge >= 0.3 is 6.09 Å². The van der Waals surface area contributed by atoms with E-state index < -0.39 is 6.09 Å². The maximum Gasteiger partial charge on any atom is 0.410 e. The summed E-state index contributed by atoms with van der Waals surface area (Å²) < 4.78 is 6.75. The third kappa shape index (κ3) is 2.60. The minimum Gasteiger partial charge on any atom is -0.477 e. The van der Waals surface area contributed by atoms with Crippen molar-refractivity contribution in [1.29, 1.82) is 0 Å². The fraction of sp³-hybridized carbons (Fsp3) is 0.167. The molecule has 1 aromatic carbocycles. The number of rotatable bonds is 4. The number of carbonyl (C=O) groups is 1. The van der Waals surface area contributed by atoms with E-state index in [1.165, 1.54) is 4.68 Å². The molecule has 0 saturated carbocycles. The van der Waals surface area contributed by atoms with Crippen molar-refractivity contribution in [3.8, 4) is 11.6 Å². The minimum atomic E-state index is -1.14. The Bertz CT molecular complexity index is 537. The van der Waals surface area contributed by atoms with E-state index in [9.17, 15) is 4.79 Å². The third-order valence-corrected chi connectivity index (χ3v) is 2.21. The number of carboxylic acid groups (broad SMARTS) is 1. The summed E-state index contributed by atoms with van der Waals surface area (Å²) in [7, 11) is 0. The molecule has 2 aromatic rings. The Labute approximate surface area is 104 Å². The monoisotopic (exact) mass is 247 g/mol. The van der Waals surface area contributed by atoms with Gasteiger partial charge < -0.3 is 9.84 Å². The highest BCUT2D eigenvalue weighted by Gasteiger charge is 2.12. The van der Waals surface area contributed by atoms with Crippen LogP contribution in [0, 0.1) is 0 Å². The van der Waals surface area contributed by atoms with Gasteiger partial charge in [-0.15, -0.1) is 5.10 Å². The van der Waals surface area contributed by atoms with E-state index in [1.54, 1.807) is 6.07 Å². The number of hydrogen-bond acceptors (Lipinski definition) is 3. The van der Waals surface area contributed by atoms with Gasteiger partial charge in [0.15, 0.2) is 0 Å². The first-order chi connectivity index (χ1) is 8.70. The summed E-state index contributed by atoms with van der Waals surface area (Å²) in [5, 5.41) is 15.3. The van der Waals surface area contributed by atoms with Crippen LogP contribution in [0.5, 0.6) is 5.88 Å². The van der Waals surface area contributed by atoms with E-state index in [4.69, 9.17) is 9.84 Å². The van der Waals surface area contributed by atoms with Gasteiger partial charge in [-0.2, -0.15) is 0 Å². The number of nitrogens with zero attached hydrogens (tertiary/aromatic N) is 2. The van der Waals surface area contributed by atoms with Crippen LogP contribution < -0.4 is 10.1 Å². The molecule has 1 aromatic heterocycles. The summed E-state index contributed by atoms with van der Waals surface area (Å²) in [6.07, 6.45) is -1.14. The Kier molecular flexibility index (Phi) is 3.47. The normalized spacial score (nSPS) is 10.1. The minimum absolute atomic E-state index is 0.345. The molecule has 18 heavy (non-hydrogen) atoms. The Balaban J connectivity index is 2.40. The van der Waals surface area contributed by atoms with Crippen LogP contribution >= 0.6 is 0 Å². The van der Waals surface area contributed by atoms with Gasteiger partial charge in [-0.05, 0) is 19.1 Å². The van der Waals surface area contributed by atoms with E-state index in [1.807, 2.05) is 37.3 Å². The Morgan fingerprint density at radius 3 is 2.78 bits per heavy atom. The van der Waals surface area contributed by atoms with Crippen LogP contribution in [0.4, 0.5) is 10.6 Å². The number of anilines is 1. The van der Waals surface area contributed by atoms with E-state index in [2.05, 4.69) is 10.4 Å². The van der Waals surface area contributed by atoms with Crippen molar-refractivity contribution < 1.29 is 14.6 Å². The molecule has 6 nitrogen and oxygen atoms in total. The molecule has 94 valence electrons. The summed E-state index contributed by atoms with van der Waals surface area (Å²) in [5.41, 5.74) is 0.757. The third-order valence-electron chi connectivity index (χ3n) is 2.21. The van der Waals surface area contributed by atoms with E-state index >= 15 is 0 Å². The molecule has 1 amide bonds. The highest BCUT2D eigenvalue weighted by Crippen LogP contribution is 2.21. The highest BCUT2D eigenvalue weighted by atomic mass is 16.5. The van der Waals surface area contributed by atoms with Crippen LogP contribution in [0.3, 0.4) is 0 Å². The fourth-order valence-electron chi connectivity index (χ4n) is 1.54. The Hall–Kier alpha value is -2.50. The maximum atomic E-state index is 10.7. The van der Waals surface area contributed by atoms with Crippen molar-refractivity contribution in [3.05, 3.63) is 36.4 Å². The van der Waals surface area contributed by atoms with Crippen molar-refractivity contribution in [2.24, 2.45) is 0 Å². The molecule has 0 bridgehead atoms. The molecule has 2 rings (SSSR count). The van der Waals surface area contributed by atoms with Gasteiger partial charge in [-0.25, -0.2) is 9.48 Å². The quantitative estimate of drug-likeness (QED) is 0.869. The number of hydrogen-bond donors (Lipinski definition) is 2. The molecule has 6 heteroatoms. The lowest BCUT2D eigenvalue weighted by Crippen LogP contribution is -2.11. The number of benzene rings is 1. The molecule has 0 atom stereocenters. The first kappa shape index (κ1) is 12.0. The predicted octanol–water partition coefficient (Wildman–Crippen LogP) is 2.36. The van der Waals surface area contributed by atoms with Crippen LogP contribution in [0.15, 0.2) is 36.4 Å². The lowest BCUT2D eigenvalue weighted by molar-refractivity contribution is 0.209. The van der Waals surface area contributed by atoms with Gasteiger partial charge in [0.1, 0.15) is 5.82 Å². The van der Waals surface area contributed by atoms with Crippen LogP contribution in [0.1, 0.15) is 6.92 Å². The molecule has 0 aliphatic heterocycles. The van der Waals surface area contributed by atoms with Crippen molar-refractivity contribution in [1.82, 2.24) is 9.78 Å². The second kappa shape index (κ2) is 5.22. The van der Waals surface area contributed by atoms with E-state index in [-0.39, 0.29) is 0 Å². The SMILES string of the molecule is CCOc1cc(NC(=O)O)n(-c2ccccc2)n1. The summed E-state index contributed by atoms with van der Waals surface area (Å²) >= 11 is 0. The molecular formula is C12H13N3O3. The molecule has 0 spiro atoms. The molecule has 2 N–H and O–H groups in total. The largest absolute Gasteiger partial charge is 0.477 e. The van der Waals surface area contributed by atoms with Gasteiger partial charge in [0.05, 0.1) is 12.3 Å². The molecule has 0 unspecified atom stereocenters. The first-order valence-corrected chi connectivity index (χ1v) is 5.49. The number of ether oxygens (including phenoxy) is 1. The molecule has 1 heterocycles. The molecule has 0 radical (unpaired) electrons. The number of aromatic nitrogens is 2. The predicted molar refractivity (Wildman–Crippen MR) is 66.4 cm³/mol. The van der Waals surface area contributed by atoms with Crippen LogP contribution in [-0.2, 0) is 0 Å². The van der Waals surface area contributed by atoms with Crippen molar-refractivity contribution >= 4 is 11.9 Å². The number of amides is 1. The first-order valence-electron chi connectivity index (χ1n) is 5.49. The van der Waals surface area contributed by atoms with Crippen LogP contribution in [-0.4, -0.2) is 27.6 Å². The Morgan fingerprint density at radius 2 is 2.17 bits per heavy atom. The van der Waals surface area contributed by atoms with Gasteiger partial charge in [0.25, 0.3) is 0 Å². The van der Waals surface area contributed by atoms with E-state index in [0.29, 0.717) is 18.3 Å². The van der Waals surface area contributed by atoms with E-state index in [0.717, 1.165) is 5.69 Å². The zero-order chi connectivity index (χ0) is 13.0. The average Bonchev–Trinajstić information content (AvgIpc) is 2.73.